The Morgan fingerprint density at radius 2 is 2.00 bits per heavy atom. The van der Waals surface area contributed by atoms with Gasteiger partial charge in [-0.25, -0.2) is 0 Å². The number of hydrogen-bond acceptors (Lipinski definition) is 3. The first-order valence-corrected chi connectivity index (χ1v) is 4.17. The lowest BCUT2D eigenvalue weighted by Gasteiger charge is -2.12. The Hall–Kier alpha value is -1.71. The van der Waals surface area contributed by atoms with E-state index >= 15 is 0 Å². The van der Waals surface area contributed by atoms with Crippen molar-refractivity contribution in [1.82, 2.24) is 0 Å². The molecule has 0 aliphatic rings. The fourth-order valence-electron chi connectivity index (χ4n) is 1.18. The lowest BCUT2D eigenvalue weighted by Crippen LogP contribution is -2.07. The van der Waals surface area contributed by atoms with Crippen LogP contribution in [0.4, 0.5) is 5.69 Å². The molecule has 0 aliphatic heterocycles. The Kier molecular flexibility index (Phi) is 3.34. The summed E-state index contributed by atoms with van der Waals surface area (Å²) in [5.74, 6) is 0.987. The first-order chi connectivity index (χ1) is 6.69. The molecule has 0 aromatic heterocycles. The van der Waals surface area contributed by atoms with Crippen molar-refractivity contribution < 1.29 is 14.3 Å². The maximum atomic E-state index is 10.9. The highest BCUT2D eigenvalue weighted by molar-refractivity contribution is 5.91. The normalized spacial score (nSPS) is 9.36. The van der Waals surface area contributed by atoms with Crippen LogP contribution in [0.15, 0.2) is 18.2 Å². The Morgan fingerprint density at radius 3 is 2.50 bits per heavy atom. The second-order valence-electron chi connectivity index (χ2n) is 2.72. The van der Waals surface area contributed by atoms with Crippen LogP contribution in [-0.2, 0) is 4.79 Å². The molecular formula is C10H13NO3. The maximum Gasteiger partial charge on any atom is 0.221 e. The standard InChI is InChI=1S/C10H13NO3/c1-7(12)11-8-5-4-6-9(13-2)10(8)14-3/h4-6H,1-3H3,(H,11,12). The molecular weight excluding hydrogens is 182 g/mol. The zero-order chi connectivity index (χ0) is 10.6. The molecule has 0 unspecified atom stereocenters. The van der Waals surface area contributed by atoms with E-state index in [2.05, 4.69) is 5.32 Å². The fourth-order valence-corrected chi connectivity index (χ4v) is 1.18. The molecule has 14 heavy (non-hydrogen) atoms. The van der Waals surface area contributed by atoms with Crippen LogP contribution in [0.3, 0.4) is 0 Å². The highest BCUT2D eigenvalue weighted by atomic mass is 16.5. The van der Waals surface area contributed by atoms with Crippen LogP contribution in [-0.4, -0.2) is 20.1 Å². The van der Waals surface area contributed by atoms with Crippen molar-refractivity contribution in [2.45, 2.75) is 6.92 Å². The van der Waals surface area contributed by atoms with Gasteiger partial charge >= 0.3 is 0 Å². The molecule has 0 bridgehead atoms. The number of hydrogen-bond donors (Lipinski definition) is 1. The minimum atomic E-state index is -0.142. The number of ether oxygens (including phenoxy) is 2. The van der Waals surface area contributed by atoms with Crippen molar-refractivity contribution in [3.63, 3.8) is 0 Å². The summed E-state index contributed by atoms with van der Waals surface area (Å²) in [5.41, 5.74) is 0.611. The lowest BCUT2D eigenvalue weighted by molar-refractivity contribution is -0.114. The first-order valence-electron chi connectivity index (χ1n) is 4.17. The molecule has 0 saturated carbocycles. The predicted molar refractivity (Wildman–Crippen MR) is 53.8 cm³/mol. The van der Waals surface area contributed by atoms with Crippen LogP contribution >= 0.6 is 0 Å². The summed E-state index contributed by atoms with van der Waals surface area (Å²) < 4.78 is 10.2. The van der Waals surface area contributed by atoms with Crippen molar-refractivity contribution in [3.8, 4) is 11.5 Å². The second-order valence-corrected chi connectivity index (χ2v) is 2.72. The van der Waals surface area contributed by atoms with Gasteiger partial charge < -0.3 is 14.8 Å². The van der Waals surface area contributed by atoms with Crippen molar-refractivity contribution in [1.29, 1.82) is 0 Å². The van der Waals surface area contributed by atoms with Crippen molar-refractivity contribution in [3.05, 3.63) is 18.2 Å². The zero-order valence-electron chi connectivity index (χ0n) is 8.46. The van der Waals surface area contributed by atoms with Gasteiger partial charge in [-0.05, 0) is 12.1 Å². The number of benzene rings is 1. The topological polar surface area (TPSA) is 47.6 Å². The summed E-state index contributed by atoms with van der Waals surface area (Å²) in [6.45, 7) is 1.44. The van der Waals surface area contributed by atoms with Gasteiger partial charge in [-0.15, -0.1) is 0 Å². The fraction of sp³-hybridized carbons (Fsp3) is 0.300. The van der Waals surface area contributed by atoms with Gasteiger partial charge in [0.15, 0.2) is 11.5 Å². The Balaban J connectivity index is 3.08. The van der Waals surface area contributed by atoms with Crippen molar-refractivity contribution >= 4 is 11.6 Å². The molecule has 0 heterocycles. The summed E-state index contributed by atoms with van der Waals surface area (Å²) in [5, 5.41) is 2.66. The van der Waals surface area contributed by atoms with E-state index in [1.807, 2.05) is 0 Å². The summed E-state index contributed by atoms with van der Waals surface area (Å²) in [7, 11) is 3.08. The molecule has 4 nitrogen and oxygen atoms in total. The van der Waals surface area contributed by atoms with E-state index in [9.17, 15) is 4.79 Å². The molecule has 1 amide bonds. The monoisotopic (exact) mass is 195 g/mol. The third kappa shape index (κ3) is 2.16. The Labute approximate surface area is 82.8 Å². The van der Waals surface area contributed by atoms with Crippen molar-refractivity contribution in [2.24, 2.45) is 0 Å². The number of nitrogens with one attached hydrogen (secondary N) is 1. The maximum absolute atomic E-state index is 10.9. The Morgan fingerprint density at radius 1 is 1.29 bits per heavy atom. The number of anilines is 1. The smallest absolute Gasteiger partial charge is 0.221 e. The van der Waals surface area contributed by atoms with E-state index in [1.54, 1.807) is 25.3 Å². The highest BCUT2D eigenvalue weighted by Gasteiger charge is 2.09. The van der Waals surface area contributed by atoms with Crippen LogP contribution in [0.2, 0.25) is 0 Å². The molecule has 0 atom stereocenters. The molecule has 0 aliphatic carbocycles. The van der Waals surface area contributed by atoms with E-state index in [-0.39, 0.29) is 5.91 Å². The van der Waals surface area contributed by atoms with Gasteiger partial charge in [-0.3, -0.25) is 4.79 Å². The molecule has 1 rings (SSSR count). The van der Waals surface area contributed by atoms with Gasteiger partial charge in [0.05, 0.1) is 19.9 Å². The molecule has 76 valence electrons. The largest absolute Gasteiger partial charge is 0.493 e. The van der Waals surface area contributed by atoms with Gasteiger partial charge in [0.2, 0.25) is 5.91 Å². The third-order valence-corrected chi connectivity index (χ3v) is 1.71. The van der Waals surface area contributed by atoms with Crippen LogP contribution in [0.1, 0.15) is 6.92 Å². The predicted octanol–water partition coefficient (Wildman–Crippen LogP) is 1.66. The summed E-state index contributed by atoms with van der Waals surface area (Å²) in [6, 6.07) is 5.31. The average molecular weight is 195 g/mol. The van der Waals surface area contributed by atoms with E-state index in [0.29, 0.717) is 17.2 Å². The van der Waals surface area contributed by atoms with E-state index in [4.69, 9.17) is 9.47 Å². The van der Waals surface area contributed by atoms with Gasteiger partial charge in [0, 0.05) is 6.92 Å². The lowest BCUT2D eigenvalue weighted by atomic mass is 10.2. The summed E-state index contributed by atoms with van der Waals surface area (Å²) >= 11 is 0. The van der Waals surface area contributed by atoms with Gasteiger partial charge in [0.1, 0.15) is 0 Å². The van der Waals surface area contributed by atoms with Gasteiger partial charge in [-0.1, -0.05) is 6.07 Å². The minimum absolute atomic E-state index is 0.142. The number of amides is 1. The molecule has 0 saturated heterocycles. The van der Waals surface area contributed by atoms with Gasteiger partial charge in [0.25, 0.3) is 0 Å². The zero-order valence-corrected chi connectivity index (χ0v) is 8.46. The quantitative estimate of drug-likeness (QED) is 0.797. The molecule has 1 aromatic carbocycles. The third-order valence-electron chi connectivity index (χ3n) is 1.71. The number of methoxy groups -OCH3 is 2. The van der Waals surface area contributed by atoms with Crippen LogP contribution < -0.4 is 14.8 Å². The van der Waals surface area contributed by atoms with Crippen LogP contribution in [0.25, 0.3) is 0 Å². The average Bonchev–Trinajstić information content (AvgIpc) is 2.16. The van der Waals surface area contributed by atoms with Crippen molar-refractivity contribution in [2.75, 3.05) is 19.5 Å². The SMILES string of the molecule is COc1cccc(NC(C)=O)c1OC. The Bertz CT molecular complexity index is 336. The van der Waals surface area contributed by atoms with Crippen LogP contribution in [0, 0.1) is 0 Å². The van der Waals surface area contributed by atoms with Crippen LogP contribution in [0.5, 0.6) is 11.5 Å². The van der Waals surface area contributed by atoms with E-state index in [1.165, 1.54) is 14.0 Å². The molecule has 4 heteroatoms. The minimum Gasteiger partial charge on any atom is -0.493 e. The molecule has 0 radical (unpaired) electrons. The number of carbonyl (C=O) groups excluding carboxylic acids is 1. The van der Waals surface area contributed by atoms with Gasteiger partial charge in [-0.2, -0.15) is 0 Å². The number of carbonyl (C=O) groups is 1. The highest BCUT2D eigenvalue weighted by Crippen LogP contribution is 2.34. The number of rotatable bonds is 3. The van der Waals surface area contributed by atoms with E-state index in [0.717, 1.165) is 0 Å². The second kappa shape index (κ2) is 4.50. The number of para-hydroxylation sites is 1. The molecule has 1 N–H and O–H groups in total. The summed E-state index contributed by atoms with van der Waals surface area (Å²) in [6.07, 6.45) is 0. The summed E-state index contributed by atoms with van der Waals surface area (Å²) in [4.78, 5) is 10.9. The van der Waals surface area contributed by atoms with E-state index < -0.39 is 0 Å². The molecule has 0 fully saturated rings. The first kappa shape index (κ1) is 10.4. The molecule has 1 aromatic rings. The molecule has 0 spiro atoms.